The van der Waals surface area contributed by atoms with Crippen LogP contribution < -0.4 is 5.32 Å². The Morgan fingerprint density at radius 3 is 2.81 bits per heavy atom. The van der Waals surface area contributed by atoms with Crippen LogP contribution in [0.4, 0.5) is 8.78 Å². The fourth-order valence-electron chi connectivity index (χ4n) is 2.75. The van der Waals surface area contributed by atoms with Gasteiger partial charge in [-0.25, -0.2) is 4.68 Å². The van der Waals surface area contributed by atoms with Crippen LogP contribution in [-0.2, 0) is 13.1 Å². The summed E-state index contributed by atoms with van der Waals surface area (Å²) in [5.74, 6) is 0. The van der Waals surface area contributed by atoms with E-state index in [-0.39, 0.29) is 0 Å². The zero-order chi connectivity index (χ0) is 14.7. The lowest BCUT2D eigenvalue weighted by Crippen LogP contribution is -2.13. The number of hydrogen-bond donors (Lipinski definition) is 1. The van der Waals surface area contributed by atoms with Crippen LogP contribution in [0.25, 0.3) is 0 Å². The van der Waals surface area contributed by atoms with Gasteiger partial charge in [-0.2, -0.15) is 19.0 Å². The van der Waals surface area contributed by atoms with Crippen molar-refractivity contribution in [2.24, 2.45) is 0 Å². The minimum atomic E-state index is -2.58. The first-order valence-corrected chi connectivity index (χ1v) is 7.28. The summed E-state index contributed by atoms with van der Waals surface area (Å²) < 4.78 is 27.5. The van der Waals surface area contributed by atoms with Crippen LogP contribution in [0.15, 0.2) is 24.7 Å². The number of aromatic nitrogens is 4. The van der Waals surface area contributed by atoms with Gasteiger partial charge in [0.1, 0.15) is 0 Å². The van der Waals surface area contributed by atoms with E-state index in [0.717, 1.165) is 5.56 Å². The highest BCUT2D eigenvalue weighted by atomic mass is 19.3. The van der Waals surface area contributed by atoms with Crippen molar-refractivity contribution in [3.05, 3.63) is 35.9 Å². The van der Waals surface area contributed by atoms with E-state index in [1.165, 1.54) is 31.9 Å². The molecule has 114 valence electrons. The molecular weight excluding hydrogens is 276 g/mol. The normalized spacial score (nSPS) is 16.1. The van der Waals surface area contributed by atoms with E-state index >= 15 is 0 Å². The molecule has 3 rings (SSSR count). The first-order valence-electron chi connectivity index (χ1n) is 7.28. The van der Waals surface area contributed by atoms with Gasteiger partial charge in [0.15, 0.2) is 0 Å². The zero-order valence-electron chi connectivity index (χ0n) is 11.8. The molecule has 2 heterocycles. The summed E-state index contributed by atoms with van der Waals surface area (Å²) in [6.45, 7) is -1.45. The largest absolute Gasteiger partial charge is 0.333 e. The van der Waals surface area contributed by atoms with E-state index in [0.29, 0.717) is 29.5 Å². The van der Waals surface area contributed by atoms with Crippen LogP contribution in [0.1, 0.15) is 49.5 Å². The molecule has 0 radical (unpaired) electrons. The van der Waals surface area contributed by atoms with Crippen molar-refractivity contribution in [1.29, 1.82) is 0 Å². The number of hydrogen-bond acceptors (Lipinski definition) is 3. The SMILES string of the molecule is FC(F)n1ccc(CNCc2cnn(C3CCCC3)c2)n1. The number of rotatable bonds is 6. The predicted molar refractivity (Wildman–Crippen MR) is 73.8 cm³/mol. The fraction of sp³-hybridized carbons (Fsp3) is 0.571. The van der Waals surface area contributed by atoms with E-state index in [4.69, 9.17) is 0 Å². The van der Waals surface area contributed by atoms with E-state index < -0.39 is 6.55 Å². The second kappa shape index (κ2) is 6.34. The summed E-state index contributed by atoms with van der Waals surface area (Å²) in [6.07, 6.45) is 10.2. The summed E-state index contributed by atoms with van der Waals surface area (Å²) >= 11 is 0. The molecule has 0 amide bonds. The van der Waals surface area contributed by atoms with Gasteiger partial charge in [0.25, 0.3) is 0 Å². The summed E-state index contributed by atoms with van der Waals surface area (Å²) in [4.78, 5) is 0. The third-order valence-corrected chi connectivity index (χ3v) is 3.85. The Labute approximate surface area is 121 Å². The van der Waals surface area contributed by atoms with Gasteiger partial charge in [0.2, 0.25) is 0 Å². The van der Waals surface area contributed by atoms with Gasteiger partial charge < -0.3 is 5.32 Å². The molecule has 2 aromatic rings. The predicted octanol–water partition coefficient (Wildman–Crippen LogP) is 2.88. The summed E-state index contributed by atoms with van der Waals surface area (Å²) in [5, 5.41) is 11.4. The van der Waals surface area contributed by atoms with Crippen molar-refractivity contribution in [2.45, 2.75) is 51.4 Å². The van der Waals surface area contributed by atoms with E-state index in [1.54, 1.807) is 6.07 Å². The van der Waals surface area contributed by atoms with Crippen molar-refractivity contribution >= 4 is 0 Å². The number of nitrogens with zero attached hydrogens (tertiary/aromatic N) is 4. The molecule has 1 fully saturated rings. The molecule has 0 aromatic carbocycles. The third kappa shape index (κ3) is 3.47. The van der Waals surface area contributed by atoms with E-state index in [1.807, 2.05) is 6.20 Å². The molecule has 2 aromatic heterocycles. The number of nitrogens with one attached hydrogen (secondary N) is 1. The molecule has 0 aliphatic heterocycles. The van der Waals surface area contributed by atoms with E-state index in [2.05, 4.69) is 26.4 Å². The van der Waals surface area contributed by atoms with Crippen LogP contribution in [0, 0.1) is 0 Å². The van der Waals surface area contributed by atoms with Crippen LogP contribution in [0.2, 0.25) is 0 Å². The summed E-state index contributed by atoms with van der Waals surface area (Å²) in [6, 6.07) is 2.14. The Morgan fingerprint density at radius 1 is 1.29 bits per heavy atom. The Bertz CT molecular complexity index is 571. The highest BCUT2D eigenvalue weighted by molar-refractivity contribution is 5.05. The summed E-state index contributed by atoms with van der Waals surface area (Å²) in [7, 11) is 0. The Hall–Kier alpha value is -1.76. The maximum Gasteiger partial charge on any atom is 0.333 e. The first-order chi connectivity index (χ1) is 10.2. The van der Waals surface area contributed by atoms with Crippen molar-refractivity contribution in [1.82, 2.24) is 24.9 Å². The molecule has 0 atom stereocenters. The molecule has 0 bridgehead atoms. The second-order valence-corrected chi connectivity index (χ2v) is 5.44. The van der Waals surface area contributed by atoms with Crippen molar-refractivity contribution in [3.63, 3.8) is 0 Å². The number of alkyl halides is 2. The minimum absolute atomic E-state index is 0.467. The summed E-state index contributed by atoms with van der Waals surface area (Å²) in [5.41, 5.74) is 1.72. The average molecular weight is 295 g/mol. The maximum absolute atomic E-state index is 12.4. The standard InChI is InChI=1S/C14H19F2N5/c15-14(16)20-6-5-12(19-20)9-17-7-11-8-18-21(10-11)13-3-1-2-4-13/h5-6,8,10,13-14,17H,1-4,7,9H2. The highest BCUT2D eigenvalue weighted by Crippen LogP contribution is 2.28. The molecular formula is C14H19F2N5. The molecule has 1 aliphatic rings. The van der Waals surface area contributed by atoms with Gasteiger partial charge in [-0.1, -0.05) is 12.8 Å². The molecule has 0 saturated heterocycles. The molecule has 1 N–H and O–H groups in total. The molecule has 0 unspecified atom stereocenters. The van der Waals surface area contributed by atoms with Crippen LogP contribution >= 0.6 is 0 Å². The van der Waals surface area contributed by atoms with Gasteiger partial charge in [-0.15, -0.1) is 0 Å². The van der Waals surface area contributed by atoms with Crippen molar-refractivity contribution in [2.75, 3.05) is 0 Å². The van der Waals surface area contributed by atoms with Crippen molar-refractivity contribution < 1.29 is 8.78 Å². The monoisotopic (exact) mass is 295 g/mol. The Balaban J connectivity index is 1.48. The van der Waals surface area contributed by atoms with Crippen molar-refractivity contribution in [3.8, 4) is 0 Å². The lowest BCUT2D eigenvalue weighted by atomic mass is 10.2. The molecule has 5 nitrogen and oxygen atoms in total. The van der Waals surface area contributed by atoms with Crippen LogP contribution in [0.3, 0.4) is 0 Å². The molecule has 0 spiro atoms. The Kier molecular flexibility index (Phi) is 4.28. The topological polar surface area (TPSA) is 47.7 Å². The van der Waals surface area contributed by atoms with Gasteiger partial charge in [-0.05, 0) is 18.9 Å². The smallest absolute Gasteiger partial charge is 0.307 e. The lowest BCUT2D eigenvalue weighted by molar-refractivity contribution is 0.0561. The first kappa shape index (κ1) is 14.2. The van der Waals surface area contributed by atoms with Gasteiger partial charge in [0.05, 0.1) is 17.9 Å². The van der Waals surface area contributed by atoms with Gasteiger partial charge in [-0.3, -0.25) is 4.68 Å². The molecule has 1 aliphatic carbocycles. The molecule has 1 saturated carbocycles. The van der Waals surface area contributed by atoms with Gasteiger partial charge >= 0.3 is 6.55 Å². The van der Waals surface area contributed by atoms with Crippen LogP contribution in [0.5, 0.6) is 0 Å². The van der Waals surface area contributed by atoms with Crippen LogP contribution in [-0.4, -0.2) is 19.6 Å². The fourth-order valence-corrected chi connectivity index (χ4v) is 2.75. The molecule has 7 heteroatoms. The van der Waals surface area contributed by atoms with E-state index in [9.17, 15) is 8.78 Å². The Morgan fingerprint density at radius 2 is 2.10 bits per heavy atom. The highest BCUT2D eigenvalue weighted by Gasteiger charge is 2.17. The maximum atomic E-state index is 12.4. The van der Waals surface area contributed by atoms with Gasteiger partial charge in [0, 0.05) is 31.0 Å². The zero-order valence-corrected chi connectivity index (χ0v) is 11.8. The third-order valence-electron chi connectivity index (χ3n) is 3.85. The molecule has 21 heavy (non-hydrogen) atoms. The minimum Gasteiger partial charge on any atom is -0.307 e. The quantitative estimate of drug-likeness (QED) is 0.891. The second-order valence-electron chi connectivity index (χ2n) is 5.44. The average Bonchev–Trinajstić information content (AvgIpc) is 3.20. The number of halogens is 2. The lowest BCUT2D eigenvalue weighted by Gasteiger charge is -2.08.